The number of aryl methyl sites for hydroxylation is 1. The summed E-state index contributed by atoms with van der Waals surface area (Å²) in [5, 5.41) is 3.22. The average Bonchev–Trinajstić information content (AvgIpc) is 2.31. The molecule has 0 aliphatic heterocycles. The van der Waals surface area contributed by atoms with Gasteiger partial charge in [-0.25, -0.2) is 4.79 Å². The molecule has 1 amide bonds. The monoisotopic (exact) mass is 311 g/mol. The molecule has 1 unspecified atom stereocenters. The van der Waals surface area contributed by atoms with E-state index in [1.54, 1.807) is 33.8 Å². The summed E-state index contributed by atoms with van der Waals surface area (Å²) in [4.78, 5) is 23.7. The van der Waals surface area contributed by atoms with Gasteiger partial charge in [-0.2, -0.15) is 0 Å². The van der Waals surface area contributed by atoms with Gasteiger partial charge in [-0.05, 0) is 51.8 Å². The number of halogens is 1. The number of carbonyl (C=O) groups is 2. The van der Waals surface area contributed by atoms with E-state index in [0.29, 0.717) is 5.02 Å². The molecule has 1 N–H and O–H groups in total. The predicted molar refractivity (Wildman–Crippen MR) is 83.7 cm³/mol. The Hall–Kier alpha value is -1.55. The first kappa shape index (κ1) is 17.5. The Kier molecular flexibility index (Phi) is 5.78. The highest BCUT2D eigenvalue weighted by Gasteiger charge is 2.21. The largest absolute Gasteiger partial charge is 0.444 e. The van der Waals surface area contributed by atoms with Crippen molar-refractivity contribution in [2.75, 3.05) is 0 Å². The number of amides is 1. The van der Waals surface area contributed by atoms with Crippen molar-refractivity contribution < 1.29 is 14.3 Å². The van der Waals surface area contributed by atoms with Gasteiger partial charge in [0.15, 0.2) is 5.78 Å². The fourth-order valence-electron chi connectivity index (χ4n) is 1.74. The van der Waals surface area contributed by atoms with Crippen LogP contribution in [0, 0.1) is 6.92 Å². The van der Waals surface area contributed by atoms with Crippen LogP contribution < -0.4 is 5.32 Å². The molecule has 0 saturated heterocycles. The van der Waals surface area contributed by atoms with E-state index in [9.17, 15) is 9.59 Å². The number of benzene rings is 1. The normalized spacial score (nSPS) is 12.7. The molecule has 0 radical (unpaired) electrons. The molecule has 21 heavy (non-hydrogen) atoms. The second-order valence-corrected chi connectivity index (χ2v) is 6.50. The number of Topliss-reactive ketones (excluding diaryl/α,β-unsaturated/α-hetero) is 1. The standard InChI is InChI=1S/C16H22ClNO3/c1-10-8-12(6-7-13(10)17)9-14(19)11(2)18-15(20)21-16(3,4)5/h6-8,11H,9H2,1-5H3,(H,18,20). The molecule has 0 fully saturated rings. The maximum atomic E-state index is 12.1. The Morgan fingerprint density at radius 1 is 1.33 bits per heavy atom. The van der Waals surface area contributed by atoms with Crippen molar-refractivity contribution in [3.05, 3.63) is 34.3 Å². The van der Waals surface area contributed by atoms with E-state index in [1.807, 2.05) is 19.1 Å². The fraction of sp³-hybridized carbons (Fsp3) is 0.500. The molecule has 0 heterocycles. The van der Waals surface area contributed by atoms with Gasteiger partial charge in [0, 0.05) is 11.4 Å². The van der Waals surface area contributed by atoms with Gasteiger partial charge < -0.3 is 10.1 Å². The second-order valence-electron chi connectivity index (χ2n) is 6.09. The molecule has 1 atom stereocenters. The summed E-state index contributed by atoms with van der Waals surface area (Å²) in [6.07, 6.45) is -0.342. The lowest BCUT2D eigenvalue weighted by atomic mass is 10.0. The molecule has 116 valence electrons. The third-order valence-corrected chi connectivity index (χ3v) is 3.24. The number of alkyl carbamates (subject to hydrolysis) is 1. The number of hydrogen-bond acceptors (Lipinski definition) is 3. The molecular formula is C16H22ClNO3. The molecule has 0 spiro atoms. The molecule has 1 rings (SSSR count). The van der Waals surface area contributed by atoms with E-state index in [2.05, 4.69) is 5.32 Å². The van der Waals surface area contributed by atoms with E-state index < -0.39 is 17.7 Å². The third kappa shape index (κ3) is 6.17. The van der Waals surface area contributed by atoms with E-state index in [1.165, 1.54) is 0 Å². The summed E-state index contributed by atoms with van der Waals surface area (Å²) in [7, 11) is 0. The summed E-state index contributed by atoms with van der Waals surface area (Å²) in [6, 6.07) is 4.86. The van der Waals surface area contributed by atoms with Crippen molar-refractivity contribution in [2.24, 2.45) is 0 Å². The lowest BCUT2D eigenvalue weighted by molar-refractivity contribution is -0.120. The number of hydrogen-bond donors (Lipinski definition) is 1. The zero-order chi connectivity index (χ0) is 16.2. The Balaban J connectivity index is 2.58. The van der Waals surface area contributed by atoms with Gasteiger partial charge in [0.2, 0.25) is 0 Å². The molecule has 5 heteroatoms. The van der Waals surface area contributed by atoms with Gasteiger partial charge in [0.05, 0.1) is 6.04 Å². The predicted octanol–water partition coefficient (Wildman–Crippen LogP) is 3.67. The van der Waals surface area contributed by atoms with Crippen molar-refractivity contribution >= 4 is 23.5 Å². The van der Waals surface area contributed by atoms with Gasteiger partial charge in [-0.1, -0.05) is 23.7 Å². The summed E-state index contributed by atoms with van der Waals surface area (Å²) < 4.78 is 5.12. The summed E-state index contributed by atoms with van der Waals surface area (Å²) in [6.45, 7) is 8.86. The lowest BCUT2D eigenvalue weighted by Gasteiger charge is -2.21. The molecule has 0 aromatic heterocycles. The minimum atomic E-state index is -0.601. The van der Waals surface area contributed by atoms with Crippen molar-refractivity contribution in [1.29, 1.82) is 0 Å². The quantitative estimate of drug-likeness (QED) is 0.923. The highest BCUT2D eigenvalue weighted by Crippen LogP contribution is 2.17. The van der Waals surface area contributed by atoms with Crippen LogP contribution in [0.3, 0.4) is 0 Å². The lowest BCUT2D eigenvalue weighted by Crippen LogP contribution is -2.42. The van der Waals surface area contributed by atoms with Crippen LogP contribution in [0.5, 0.6) is 0 Å². The van der Waals surface area contributed by atoms with Crippen molar-refractivity contribution in [1.82, 2.24) is 5.32 Å². The molecular weight excluding hydrogens is 290 g/mol. The third-order valence-electron chi connectivity index (χ3n) is 2.82. The highest BCUT2D eigenvalue weighted by atomic mass is 35.5. The maximum absolute atomic E-state index is 12.1. The topological polar surface area (TPSA) is 55.4 Å². The number of nitrogens with one attached hydrogen (secondary N) is 1. The zero-order valence-electron chi connectivity index (χ0n) is 13.1. The Morgan fingerprint density at radius 3 is 2.48 bits per heavy atom. The first-order chi connectivity index (χ1) is 9.58. The van der Waals surface area contributed by atoms with Crippen molar-refractivity contribution in [3.8, 4) is 0 Å². The minimum Gasteiger partial charge on any atom is -0.444 e. The molecule has 1 aromatic carbocycles. The van der Waals surface area contributed by atoms with Gasteiger partial charge in [0.1, 0.15) is 5.60 Å². The van der Waals surface area contributed by atoms with Gasteiger partial charge in [0.25, 0.3) is 0 Å². The Labute approximate surface area is 130 Å². The summed E-state index contributed by atoms with van der Waals surface area (Å²) in [5.41, 5.74) is 1.22. The first-order valence-corrected chi connectivity index (χ1v) is 7.23. The Morgan fingerprint density at radius 2 is 1.95 bits per heavy atom. The highest BCUT2D eigenvalue weighted by molar-refractivity contribution is 6.31. The van der Waals surface area contributed by atoms with Crippen LogP contribution in [0.4, 0.5) is 4.79 Å². The van der Waals surface area contributed by atoms with Crippen LogP contribution in [-0.2, 0) is 16.0 Å². The van der Waals surface area contributed by atoms with Gasteiger partial charge in [-0.15, -0.1) is 0 Å². The molecule has 1 aromatic rings. The van der Waals surface area contributed by atoms with Crippen LogP contribution in [0.2, 0.25) is 5.02 Å². The molecule has 0 bridgehead atoms. The number of ketones is 1. The minimum absolute atomic E-state index is 0.0809. The van der Waals surface area contributed by atoms with E-state index in [4.69, 9.17) is 16.3 Å². The number of carbonyl (C=O) groups excluding carboxylic acids is 2. The second kappa shape index (κ2) is 6.94. The molecule has 4 nitrogen and oxygen atoms in total. The molecule has 0 aliphatic rings. The smallest absolute Gasteiger partial charge is 0.408 e. The van der Waals surface area contributed by atoms with Gasteiger partial charge >= 0.3 is 6.09 Å². The first-order valence-electron chi connectivity index (χ1n) is 6.86. The van der Waals surface area contributed by atoms with E-state index in [-0.39, 0.29) is 12.2 Å². The van der Waals surface area contributed by atoms with Crippen LogP contribution in [0.25, 0.3) is 0 Å². The molecule has 0 saturated carbocycles. The molecule has 0 aliphatic carbocycles. The van der Waals surface area contributed by atoms with Crippen LogP contribution in [0.15, 0.2) is 18.2 Å². The SMILES string of the molecule is Cc1cc(CC(=O)C(C)NC(=O)OC(C)(C)C)ccc1Cl. The van der Waals surface area contributed by atoms with Gasteiger partial charge in [-0.3, -0.25) is 4.79 Å². The summed E-state index contributed by atoms with van der Waals surface area (Å²) >= 11 is 5.95. The maximum Gasteiger partial charge on any atom is 0.408 e. The number of ether oxygens (including phenoxy) is 1. The van der Waals surface area contributed by atoms with E-state index >= 15 is 0 Å². The van der Waals surface area contributed by atoms with Crippen LogP contribution >= 0.6 is 11.6 Å². The van der Waals surface area contributed by atoms with Crippen molar-refractivity contribution in [2.45, 2.75) is 52.7 Å². The van der Waals surface area contributed by atoms with Crippen LogP contribution in [0.1, 0.15) is 38.8 Å². The van der Waals surface area contributed by atoms with Crippen LogP contribution in [-0.4, -0.2) is 23.5 Å². The van der Waals surface area contributed by atoms with Crippen molar-refractivity contribution in [3.63, 3.8) is 0 Å². The summed E-state index contributed by atoms with van der Waals surface area (Å²) in [5.74, 6) is -0.0809. The number of rotatable bonds is 4. The average molecular weight is 312 g/mol. The fourth-order valence-corrected chi connectivity index (χ4v) is 1.85. The zero-order valence-corrected chi connectivity index (χ0v) is 13.9. The van der Waals surface area contributed by atoms with E-state index in [0.717, 1.165) is 11.1 Å². The Bertz CT molecular complexity index is 535.